The lowest BCUT2D eigenvalue weighted by molar-refractivity contribution is -0.140. The maximum absolute atomic E-state index is 12.2. The summed E-state index contributed by atoms with van der Waals surface area (Å²) >= 11 is 0. The first-order valence-corrected chi connectivity index (χ1v) is 7.47. The largest absolute Gasteiger partial charge is 0.481 e. The van der Waals surface area contributed by atoms with Crippen LogP contribution in [0.25, 0.3) is 0 Å². The minimum atomic E-state index is -1.20. The van der Waals surface area contributed by atoms with Crippen molar-refractivity contribution < 1.29 is 24.6 Å². The lowest BCUT2D eigenvalue weighted by atomic mass is 9.94. The summed E-state index contributed by atoms with van der Waals surface area (Å²) in [5.74, 6) is -2.28. The van der Waals surface area contributed by atoms with Gasteiger partial charge in [0.25, 0.3) is 0 Å². The summed E-state index contributed by atoms with van der Waals surface area (Å²) in [5.41, 5.74) is 0. The Morgan fingerprint density at radius 2 is 1.81 bits per heavy atom. The fourth-order valence-electron chi connectivity index (χ4n) is 2.72. The van der Waals surface area contributed by atoms with Crippen molar-refractivity contribution in [3.63, 3.8) is 0 Å². The second-order valence-corrected chi connectivity index (χ2v) is 5.35. The maximum Gasteiger partial charge on any atom is 0.326 e. The fraction of sp³-hybridized carbons (Fsp3) is 0.786. The summed E-state index contributed by atoms with van der Waals surface area (Å²) in [6.45, 7) is 2.38. The molecule has 0 spiro atoms. The molecule has 1 aliphatic rings. The Morgan fingerprint density at radius 1 is 1.19 bits per heavy atom. The maximum atomic E-state index is 12.2. The molecule has 0 aromatic heterocycles. The number of rotatable bonds is 7. The quantitative estimate of drug-likeness (QED) is 0.663. The van der Waals surface area contributed by atoms with Crippen molar-refractivity contribution in [3.8, 4) is 0 Å². The average Bonchev–Trinajstić information content (AvgIpc) is 2.44. The predicted molar refractivity (Wildman–Crippen MR) is 76.1 cm³/mol. The van der Waals surface area contributed by atoms with E-state index >= 15 is 0 Å². The molecule has 21 heavy (non-hydrogen) atoms. The molecule has 0 bridgehead atoms. The Kier molecular flexibility index (Phi) is 6.98. The van der Waals surface area contributed by atoms with Crippen molar-refractivity contribution in [1.29, 1.82) is 0 Å². The van der Waals surface area contributed by atoms with Crippen LogP contribution in [0.3, 0.4) is 0 Å². The highest BCUT2D eigenvalue weighted by Crippen LogP contribution is 2.22. The molecular weight excluding hydrogens is 276 g/mol. The Hall–Kier alpha value is -1.79. The number of carboxylic acids is 2. The molecule has 120 valence electrons. The summed E-state index contributed by atoms with van der Waals surface area (Å²) in [4.78, 5) is 35.5. The minimum absolute atomic E-state index is 0.112. The molecule has 7 nitrogen and oxygen atoms in total. The average molecular weight is 300 g/mol. The van der Waals surface area contributed by atoms with E-state index in [4.69, 9.17) is 10.2 Å². The Bertz CT molecular complexity index is 380. The molecule has 0 saturated heterocycles. The zero-order valence-electron chi connectivity index (χ0n) is 12.4. The van der Waals surface area contributed by atoms with Crippen LogP contribution >= 0.6 is 0 Å². The number of urea groups is 1. The van der Waals surface area contributed by atoms with E-state index < -0.39 is 24.0 Å². The van der Waals surface area contributed by atoms with Crippen LogP contribution < -0.4 is 5.32 Å². The van der Waals surface area contributed by atoms with Crippen LogP contribution in [-0.2, 0) is 9.59 Å². The molecule has 1 saturated carbocycles. The molecule has 3 N–H and O–H groups in total. The van der Waals surface area contributed by atoms with Crippen molar-refractivity contribution in [1.82, 2.24) is 10.2 Å². The van der Waals surface area contributed by atoms with Gasteiger partial charge in [0.05, 0.1) is 0 Å². The van der Waals surface area contributed by atoms with Gasteiger partial charge >= 0.3 is 18.0 Å². The second kappa shape index (κ2) is 8.49. The van der Waals surface area contributed by atoms with Gasteiger partial charge in [-0.25, -0.2) is 9.59 Å². The van der Waals surface area contributed by atoms with E-state index in [0.29, 0.717) is 6.54 Å². The van der Waals surface area contributed by atoms with Crippen molar-refractivity contribution in [3.05, 3.63) is 0 Å². The number of carboxylic acid groups (broad SMARTS) is 2. The molecular formula is C14H24N2O5. The van der Waals surface area contributed by atoms with E-state index in [0.717, 1.165) is 25.7 Å². The van der Waals surface area contributed by atoms with Gasteiger partial charge in [-0.15, -0.1) is 0 Å². The number of amides is 2. The van der Waals surface area contributed by atoms with Gasteiger partial charge < -0.3 is 20.4 Å². The van der Waals surface area contributed by atoms with E-state index in [1.165, 1.54) is 6.42 Å². The van der Waals surface area contributed by atoms with Crippen molar-refractivity contribution >= 4 is 18.0 Å². The van der Waals surface area contributed by atoms with Gasteiger partial charge in [0.1, 0.15) is 6.04 Å². The molecule has 0 aliphatic heterocycles. The smallest absolute Gasteiger partial charge is 0.326 e. The molecule has 7 heteroatoms. The van der Waals surface area contributed by atoms with Crippen molar-refractivity contribution in [2.75, 3.05) is 6.54 Å². The SMILES string of the molecule is CCN(C(=O)NC(CCC(=O)O)C(=O)O)C1CCCCC1. The molecule has 0 aromatic carbocycles. The molecule has 2 amide bonds. The fourth-order valence-corrected chi connectivity index (χ4v) is 2.72. The molecule has 1 aliphatic carbocycles. The van der Waals surface area contributed by atoms with Crippen LogP contribution in [0.5, 0.6) is 0 Å². The summed E-state index contributed by atoms with van der Waals surface area (Å²) in [7, 11) is 0. The standard InChI is InChI=1S/C14H24N2O5/c1-2-16(10-6-4-3-5-7-10)14(21)15-11(13(19)20)8-9-12(17)18/h10-11H,2-9H2,1H3,(H,15,21)(H,17,18)(H,19,20). The molecule has 0 heterocycles. The Balaban J connectivity index is 2.60. The van der Waals surface area contributed by atoms with Gasteiger partial charge in [0.2, 0.25) is 0 Å². The highest BCUT2D eigenvalue weighted by molar-refractivity contribution is 5.83. The van der Waals surface area contributed by atoms with E-state index in [-0.39, 0.29) is 18.9 Å². The molecule has 1 unspecified atom stereocenters. The van der Waals surface area contributed by atoms with E-state index in [1.54, 1.807) is 4.90 Å². The van der Waals surface area contributed by atoms with Crippen LogP contribution in [0.2, 0.25) is 0 Å². The number of carbonyl (C=O) groups excluding carboxylic acids is 1. The van der Waals surface area contributed by atoms with Crippen LogP contribution in [0.1, 0.15) is 51.9 Å². The van der Waals surface area contributed by atoms with Gasteiger partial charge in [-0.05, 0) is 26.2 Å². The lowest BCUT2D eigenvalue weighted by Crippen LogP contribution is -2.51. The highest BCUT2D eigenvalue weighted by atomic mass is 16.4. The predicted octanol–water partition coefficient (Wildman–Crippen LogP) is 1.67. The number of aliphatic carboxylic acids is 2. The molecule has 1 atom stereocenters. The number of nitrogens with zero attached hydrogens (tertiary/aromatic N) is 1. The monoisotopic (exact) mass is 300 g/mol. The zero-order valence-corrected chi connectivity index (χ0v) is 12.4. The second-order valence-electron chi connectivity index (χ2n) is 5.35. The first-order chi connectivity index (χ1) is 9.95. The summed E-state index contributed by atoms with van der Waals surface area (Å²) in [5, 5.41) is 20.1. The molecule has 1 fully saturated rings. The molecule has 0 radical (unpaired) electrons. The van der Waals surface area contributed by atoms with E-state index in [2.05, 4.69) is 5.32 Å². The summed E-state index contributed by atoms with van der Waals surface area (Å²) in [6.07, 6.45) is 4.81. The van der Waals surface area contributed by atoms with Crippen LogP contribution in [0.4, 0.5) is 4.79 Å². The zero-order chi connectivity index (χ0) is 15.8. The first kappa shape index (κ1) is 17.3. The van der Waals surface area contributed by atoms with Gasteiger partial charge in [-0.3, -0.25) is 4.79 Å². The Morgan fingerprint density at radius 3 is 2.29 bits per heavy atom. The lowest BCUT2D eigenvalue weighted by Gasteiger charge is -2.34. The van der Waals surface area contributed by atoms with Crippen molar-refractivity contribution in [2.45, 2.75) is 64.0 Å². The molecule has 0 aromatic rings. The summed E-state index contributed by atoms with van der Waals surface area (Å²) in [6, 6.07) is -1.42. The van der Waals surface area contributed by atoms with Gasteiger partial charge in [0.15, 0.2) is 0 Å². The third-order valence-corrected chi connectivity index (χ3v) is 3.86. The number of carbonyl (C=O) groups is 3. The third-order valence-electron chi connectivity index (χ3n) is 3.86. The van der Waals surface area contributed by atoms with Crippen LogP contribution in [0, 0.1) is 0 Å². The first-order valence-electron chi connectivity index (χ1n) is 7.47. The normalized spacial score (nSPS) is 17.0. The van der Waals surface area contributed by atoms with Crippen LogP contribution in [0.15, 0.2) is 0 Å². The third kappa shape index (κ3) is 5.61. The topological polar surface area (TPSA) is 107 Å². The van der Waals surface area contributed by atoms with E-state index in [9.17, 15) is 14.4 Å². The molecule has 1 rings (SSSR count). The summed E-state index contributed by atoms with van der Waals surface area (Å²) < 4.78 is 0. The number of hydrogen-bond acceptors (Lipinski definition) is 3. The van der Waals surface area contributed by atoms with Crippen molar-refractivity contribution in [2.24, 2.45) is 0 Å². The van der Waals surface area contributed by atoms with Crippen LogP contribution in [-0.4, -0.2) is 51.7 Å². The van der Waals surface area contributed by atoms with E-state index in [1.807, 2.05) is 6.92 Å². The van der Waals surface area contributed by atoms with Gasteiger partial charge in [-0.1, -0.05) is 19.3 Å². The van der Waals surface area contributed by atoms with Gasteiger partial charge in [0, 0.05) is 19.0 Å². The minimum Gasteiger partial charge on any atom is -0.481 e. The Labute approximate surface area is 124 Å². The number of nitrogens with one attached hydrogen (secondary N) is 1. The number of hydrogen-bond donors (Lipinski definition) is 3. The highest BCUT2D eigenvalue weighted by Gasteiger charge is 2.28. The van der Waals surface area contributed by atoms with Gasteiger partial charge in [-0.2, -0.15) is 0 Å².